The minimum Gasteiger partial charge on any atom is -0.456 e. The fraction of sp³-hybridized carbons (Fsp3) is 0.210. The molecule has 0 saturated carbocycles. The van der Waals surface area contributed by atoms with Crippen molar-refractivity contribution in [1.82, 2.24) is 4.40 Å². The molecule has 6 heteroatoms. The lowest BCUT2D eigenvalue weighted by molar-refractivity contribution is 0.572. The van der Waals surface area contributed by atoms with Crippen molar-refractivity contribution in [1.29, 1.82) is 0 Å². The molecule has 1 aliphatic rings. The lowest BCUT2D eigenvalue weighted by Crippen LogP contribution is -2.16. The number of para-hydroxylation sites is 2. The van der Waals surface area contributed by atoms with E-state index in [4.69, 9.17) is 13.3 Å². The van der Waals surface area contributed by atoms with Gasteiger partial charge in [0.15, 0.2) is 0 Å². The molecule has 87 heavy (non-hydrogen) atoms. The van der Waals surface area contributed by atoms with Crippen LogP contribution in [0.2, 0.25) is 0 Å². The van der Waals surface area contributed by atoms with Crippen LogP contribution in [0.1, 0.15) is 128 Å². The topological polar surface area (TPSA) is 50.3 Å². The number of hydrogen-bond donors (Lipinski definition) is 0. The molecule has 5 heterocycles. The van der Waals surface area contributed by atoms with Gasteiger partial charge in [-0.15, -0.1) is 0 Å². The van der Waals surface area contributed by atoms with E-state index in [-0.39, 0.29) is 10.8 Å². The number of rotatable bonds is 9. The molecular formula is C81H71N3O3. The van der Waals surface area contributed by atoms with Gasteiger partial charge in [-0.05, 0) is 153 Å². The van der Waals surface area contributed by atoms with Crippen molar-refractivity contribution in [2.24, 2.45) is 0 Å². The molecule has 0 radical (unpaired) electrons. The normalized spacial score (nSPS) is 13.6. The number of furan rings is 3. The molecule has 16 rings (SSSR count). The zero-order chi connectivity index (χ0) is 59.7. The quantitative estimate of drug-likeness (QED) is 0.144. The van der Waals surface area contributed by atoms with Crippen LogP contribution in [0.15, 0.2) is 213 Å². The predicted octanol–water partition coefficient (Wildman–Crippen LogP) is 24.0. The van der Waals surface area contributed by atoms with Gasteiger partial charge >= 0.3 is 0 Å². The summed E-state index contributed by atoms with van der Waals surface area (Å²) in [6.07, 6.45) is 0. The highest BCUT2D eigenvalue weighted by Crippen LogP contribution is 2.58. The predicted molar refractivity (Wildman–Crippen MR) is 366 cm³/mol. The highest BCUT2D eigenvalue weighted by molar-refractivity contribution is 6.26. The molecule has 0 N–H and O–H groups in total. The van der Waals surface area contributed by atoms with E-state index in [1.807, 2.05) is 0 Å². The first kappa shape index (κ1) is 53.0. The summed E-state index contributed by atoms with van der Waals surface area (Å²) in [4.78, 5) is 4.80. The summed E-state index contributed by atoms with van der Waals surface area (Å²) < 4.78 is 23.3. The number of nitrogens with zero attached hydrogens (tertiary/aromatic N) is 3. The van der Waals surface area contributed by atoms with Gasteiger partial charge < -0.3 is 23.1 Å². The van der Waals surface area contributed by atoms with Crippen molar-refractivity contribution < 1.29 is 13.3 Å². The molecule has 5 aromatic heterocycles. The zero-order valence-electron chi connectivity index (χ0n) is 51.8. The summed E-state index contributed by atoms with van der Waals surface area (Å²) in [6.45, 7) is 27.4. The molecule has 0 amide bonds. The summed E-state index contributed by atoms with van der Waals surface area (Å²) in [7, 11) is 0. The van der Waals surface area contributed by atoms with Gasteiger partial charge in [0, 0.05) is 100.0 Å². The van der Waals surface area contributed by atoms with Crippen LogP contribution in [0.4, 0.5) is 34.1 Å². The van der Waals surface area contributed by atoms with Gasteiger partial charge in [0.2, 0.25) is 5.71 Å². The SMILES string of the molecule is CC(C)c1ccc(N(c2ccc3c(c2)C(C)(C)c2c-3n3c4oc5cc(N(c6ccc(C(C)C)cc6)c6ccc7oc8c(C(C)(C)C)cccc8c7c6)ccc5c4c4cc(-c5ccccc5)cc2c43)c2ccc3oc4c(C(C)(C)C)cccc4c3c2)cc1. The standard InChI is InChI=1S/C81H71N3O3/c1-46(2)48-24-28-52(29-25-48)82(54-34-38-69-62(42-54)58-20-16-22-66(76(58)85-69)79(5,6)7)56-32-36-60-68(44-56)81(11,12)73-65-41-51(50-18-14-13-15-19-50)40-64-72-61-37-33-57(45-71(61)87-78(72)84(74(64)65)75(60)73)83(53-30-26-49(27-31-53)47(3)4)55-35-39-70-63(43-55)59-21-17-23-67(77(59)86-70)80(8,9)10/h13-47H,1-12H3. The van der Waals surface area contributed by atoms with Crippen molar-refractivity contribution in [3.8, 4) is 22.4 Å². The molecule has 1 aliphatic carbocycles. The second kappa shape index (κ2) is 18.7. The molecule has 0 bridgehead atoms. The maximum Gasteiger partial charge on any atom is 0.213 e. The Hall–Kier alpha value is -9.52. The monoisotopic (exact) mass is 1130 g/mol. The molecule has 0 atom stereocenters. The van der Waals surface area contributed by atoms with Crippen molar-refractivity contribution >= 4 is 116 Å². The van der Waals surface area contributed by atoms with Crippen molar-refractivity contribution in [3.63, 3.8) is 0 Å². The van der Waals surface area contributed by atoms with Crippen LogP contribution in [0.25, 0.3) is 105 Å². The molecule has 6 nitrogen and oxygen atoms in total. The van der Waals surface area contributed by atoms with E-state index in [1.54, 1.807) is 0 Å². The number of hydrogen-bond acceptors (Lipinski definition) is 5. The van der Waals surface area contributed by atoms with Gasteiger partial charge in [-0.1, -0.05) is 180 Å². The second-order valence-electron chi connectivity index (χ2n) is 27.8. The fourth-order valence-corrected chi connectivity index (χ4v) is 14.6. The summed E-state index contributed by atoms with van der Waals surface area (Å²) in [5, 5.41) is 9.11. The molecular weight excluding hydrogens is 1060 g/mol. The van der Waals surface area contributed by atoms with E-state index < -0.39 is 5.41 Å². The van der Waals surface area contributed by atoms with E-state index in [2.05, 4.69) is 297 Å². The smallest absolute Gasteiger partial charge is 0.213 e. The Kier molecular flexibility index (Phi) is 11.4. The highest BCUT2D eigenvalue weighted by atomic mass is 16.3. The van der Waals surface area contributed by atoms with Crippen molar-refractivity contribution in [2.45, 2.75) is 111 Å². The van der Waals surface area contributed by atoms with Crippen LogP contribution in [-0.4, -0.2) is 4.40 Å². The molecule has 15 aromatic rings. The van der Waals surface area contributed by atoms with Crippen LogP contribution in [0, 0.1) is 0 Å². The third kappa shape index (κ3) is 7.99. The first-order chi connectivity index (χ1) is 41.8. The van der Waals surface area contributed by atoms with Gasteiger partial charge in [0.1, 0.15) is 27.9 Å². The van der Waals surface area contributed by atoms with Crippen molar-refractivity contribution in [3.05, 3.63) is 234 Å². The van der Waals surface area contributed by atoms with E-state index in [0.29, 0.717) is 11.8 Å². The molecule has 0 unspecified atom stereocenters. The van der Waals surface area contributed by atoms with Crippen LogP contribution in [-0.2, 0) is 16.2 Å². The van der Waals surface area contributed by atoms with E-state index in [1.165, 1.54) is 72.1 Å². The molecule has 428 valence electrons. The van der Waals surface area contributed by atoms with Crippen LogP contribution < -0.4 is 9.80 Å². The number of fused-ring (bicyclic) bond motifs is 16. The Balaban J connectivity index is 0.892. The maximum absolute atomic E-state index is 7.46. The Morgan fingerprint density at radius 3 is 1.44 bits per heavy atom. The molecule has 10 aromatic carbocycles. The first-order valence-corrected chi connectivity index (χ1v) is 31.0. The van der Waals surface area contributed by atoms with Crippen LogP contribution in [0.3, 0.4) is 0 Å². The third-order valence-corrected chi connectivity index (χ3v) is 19.1. The van der Waals surface area contributed by atoms with Gasteiger partial charge in [0.05, 0.1) is 16.6 Å². The van der Waals surface area contributed by atoms with E-state index in [0.717, 1.165) is 100 Å². The number of benzene rings is 10. The third-order valence-electron chi connectivity index (χ3n) is 19.1. The average molecular weight is 1130 g/mol. The summed E-state index contributed by atoms with van der Waals surface area (Å²) in [5.41, 5.74) is 24.8. The van der Waals surface area contributed by atoms with E-state index in [9.17, 15) is 0 Å². The molecule has 0 spiro atoms. The highest BCUT2D eigenvalue weighted by Gasteiger charge is 2.43. The van der Waals surface area contributed by atoms with Gasteiger partial charge in [-0.25, -0.2) is 0 Å². The van der Waals surface area contributed by atoms with Gasteiger partial charge in [-0.3, -0.25) is 4.40 Å². The minimum absolute atomic E-state index is 0.0732. The lowest BCUT2D eigenvalue weighted by atomic mass is 9.81. The lowest BCUT2D eigenvalue weighted by Gasteiger charge is -2.28. The van der Waals surface area contributed by atoms with Gasteiger partial charge in [-0.2, -0.15) is 0 Å². The average Bonchev–Trinajstić information content (AvgIpc) is 1.51. The minimum atomic E-state index is -0.393. The van der Waals surface area contributed by atoms with Gasteiger partial charge in [0.25, 0.3) is 0 Å². The van der Waals surface area contributed by atoms with E-state index >= 15 is 0 Å². The molecule has 0 saturated heterocycles. The summed E-state index contributed by atoms with van der Waals surface area (Å²) in [6, 6.07) is 74.3. The Bertz CT molecular complexity index is 5260. The van der Waals surface area contributed by atoms with Crippen LogP contribution in [0.5, 0.6) is 0 Å². The zero-order valence-corrected chi connectivity index (χ0v) is 51.8. The summed E-state index contributed by atoms with van der Waals surface area (Å²) >= 11 is 0. The summed E-state index contributed by atoms with van der Waals surface area (Å²) in [5.74, 6) is 0.814. The molecule has 0 aliphatic heterocycles. The number of anilines is 6. The number of aromatic nitrogens is 1. The maximum atomic E-state index is 7.46. The second-order valence-corrected chi connectivity index (χ2v) is 27.8. The molecule has 0 fully saturated rings. The fourth-order valence-electron chi connectivity index (χ4n) is 14.6. The largest absolute Gasteiger partial charge is 0.456 e. The first-order valence-electron chi connectivity index (χ1n) is 31.0. The Labute approximate surface area is 508 Å². The Morgan fingerprint density at radius 2 is 0.897 bits per heavy atom. The Morgan fingerprint density at radius 1 is 0.402 bits per heavy atom. The van der Waals surface area contributed by atoms with Crippen molar-refractivity contribution in [2.75, 3.05) is 9.80 Å². The van der Waals surface area contributed by atoms with Crippen LogP contribution >= 0.6 is 0 Å².